The molecule has 0 radical (unpaired) electrons. The van der Waals surface area contributed by atoms with E-state index < -0.39 is 5.38 Å². The molecule has 0 aliphatic carbocycles. The van der Waals surface area contributed by atoms with Crippen LogP contribution in [0.2, 0.25) is 0 Å². The number of ketones is 1. The predicted octanol–water partition coefficient (Wildman–Crippen LogP) is 3.29. The minimum Gasteiger partial charge on any atom is -0.462 e. The molecule has 0 fully saturated rings. The molecule has 1 aromatic carbocycles. The van der Waals surface area contributed by atoms with Gasteiger partial charge in [-0.1, -0.05) is 13.0 Å². The second-order valence-electron chi connectivity index (χ2n) is 4.01. The molecule has 0 N–H and O–H groups in total. The molecule has 18 heavy (non-hydrogen) atoms. The molecule has 0 bridgehead atoms. The fraction of sp³-hybridized carbons (Fsp3) is 0.429. The molecular weight excluding hydrogens is 252 g/mol. The molecule has 1 rings (SSSR count). The maximum absolute atomic E-state index is 11.7. The summed E-state index contributed by atoms with van der Waals surface area (Å²) in [4.78, 5) is 23.0. The number of hydrogen-bond acceptors (Lipinski definition) is 3. The second-order valence-corrected chi connectivity index (χ2v) is 4.45. The van der Waals surface area contributed by atoms with E-state index >= 15 is 0 Å². The van der Waals surface area contributed by atoms with Crippen LogP contribution in [-0.2, 0) is 16.0 Å². The van der Waals surface area contributed by atoms with Gasteiger partial charge in [-0.05, 0) is 43.5 Å². The van der Waals surface area contributed by atoms with Crippen LogP contribution in [0.3, 0.4) is 0 Å². The molecule has 1 unspecified atom stereocenters. The highest BCUT2D eigenvalue weighted by molar-refractivity contribution is 6.30. The first kappa shape index (κ1) is 14.7. The van der Waals surface area contributed by atoms with Crippen LogP contribution in [0.4, 0.5) is 0 Å². The minimum absolute atomic E-state index is 0.139. The van der Waals surface area contributed by atoms with Gasteiger partial charge in [-0.15, -0.1) is 11.6 Å². The summed E-state index contributed by atoms with van der Waals surface area (Å²) >= 11 is 6.02. The van der Waals surface area contributed by atoms with Crippen molar-refractivity contribution in [1.29, 1.82) is 0 Å². The molecule has 98 valence electrons. The molecule has 0 spiro atoms. The molecular formula is C14H17ClO3. The SMILES string of the molecule is CCOC(=O)c1cc(CC)cc(C(Cl)C(C)=O)c1. The van der Waals surface area contributed by atoms with Gasteiger partial charge in [0, 0.05) is 0 Å². The van der Waals surface area contributed by atoms with Crippen LogP contribution in [0, 0.1) is 0 Å². The number of aryl methyl sites for hydroxylation is 1. The molecule has 0 saturated carbocycles. The van der Waals surface area contributed by atoms with Gasteiger partial charge in [0.25, 0.3) is 0 Å². The van der Waals surface area contributed by atoms with Gasteiger partial charge in [0.1, 0.15) is 5.38 Å². The van der Waals surface area contributed by atoms with E-state index in [2.05, 4.69) is 0 Å². The van der Waals surface area contributed by atoms with Crippen LogP contribution in [-0.4, -0.2) is 18.4 Å². The molecule has 0 heterocycles. The van der Waals surface area contributed by atoms with E-state index in [4.69, 9.17) is 16.3 Å². The summed E-state index contributed by atoms with van der Waals surface area (Å²) in [7, 11) is 0. The lowest BCUT2D eigenvalue weighted by Gasteiger charge is -2.11. The van der Waals surface area contributed by atoms with Crippen LogP contribution in [0.1, 0.15) is 47.6 Å². The van der Waals surface area contributed by atoms with Crippen molar-refractivity contribution >= 4 is 23.4 Å². The summed E-state index contributed by atoms with van der Waals surface area (Å²) in [5.74, 6) is -0.527. The quantitative estimate of drug-likeness (QED) is 0.608. The van der Waals surface area contributed by atoms with Crippen molar-refractivity contribution in [1.82, 2.24) is 0 Å². The first-order chi connectivity index (χ1) is 8.49. The van der Waals surface area contributed by atoms with Gasteiger partial charge in [0.15, 0.2) is 5.78 Å². The van der Waals surface area contributed by atoms with E-state index in [1.165, 1.54) is 6.92 Å². The van der Waals surface area contributed by atoms with Gasteiger partial charge < -0.3 is 4.74 Å². The van der Waals surface area contributed by atoms with Crippen molar-refractivity contribution in [2.75, 3.05) is 6.61 Å². The maximum atomic E-state index is 11.7. The number of hydrogen-bond donors (Lipinski definition) is 0. The van der Waals surface area contributed by atoms with Gasteiger partial charge in [0.2, 0.25) is 0 Å². The third kappa shape index (κ3) is 3.57. The van der Waals surface area contributed by atoms with Crippen molar-refractivity contribution in [2.45, 2.75) is 32.6 Å². The molecule has 0 amide bonds. The summed E-state index contributed by atoms with van der Waals surface area (Å²) < 4.78 is 4.96. The minimum atomic E-state index is -0.718. The third-order valence-corrected chi connectivity index (χ3v) is 3.14. The normalized spacial score (nSPS) is 12.0. The van der Waals surface area contributed by atoms with Crippen LogP contribution in [0.25, 0.3) is 0 Å². The number of halogens is 1. The molecule has 0 aromatic heterocycles. The van der Waals surface area contributed by atoms with Crippen LogP contribution in [0.15, 0.2) is 18.2 Å². The number of carbonyl (C=O) groups is 2. The largest absolute Gasteiger partial charge is 0.462 e. The lowest BCUT2D eigenvalue weighted by atomic mass is 10.0. The van der Waals surface area contributed by atoms with Crippen molar-refractivity contribution in [3.05, 3.63) is 34.9 Å². The number of carbonyl (C=O) groups excluding carboxylic acids is 2. The van der Waals surface area contributed by atoms with E-state index in [0.717, 1.165) is 12.0 Å². The van der Waals surface area contributed by atoms with Crippen molar-refractivity contribution in [2.24, 2.45) is 0 Å². The summed E-state index contributed by atoms with van der Waals surface area (Å²) in [6, 6.07) is 5.24. The highest BCUT2D eigenvalue weighted by Gasteiger charge is 2.17. The summed E-state index contributed by atoms with van der Waals surface area (Å²) in [5.41, 5.74) is 2.05. The van der Waals surface area contributed by atoms with Gasteiger partial charge in [0.05, 0.1) is 12.2 Å². The fourth-order valence-electron chi connectivity index (χ4n) is 1.64. The Morgan fingerprint density at radius 1 is 1.28 bits per heavy atom. The number of alkyl halides is 1. The molecule has 0 saturated heterocycles. The lowest BCUT2D eigenvalue weighted by Crippen LogP contribution is -2.08. The highest BCUT2D eigenvalue weighted by Crippen LogP contribution is 2.24. The second kappa shape index (κ2) is 6.55. The number of esters is 1. The highest BCUT2D eigenvalue weighted by atomic mass is 35.5. The van der Waals surface area contributed by atoms with Gasteiger partial charge >= 0.3 is 5.97 Å². The topological polar surface area (TPSA) is 43.4 Å². The molecule has 1 aromatic rings. The lowest BCUT2D eigenvalue weighted by molar-refractivity contribution is -0.116. The zero-order valence-corrected chi connectivity index (χ0v) is 11.6. The first-order valence-corrected chi connectivity index (χ1v) is 6.38. The molecule has 4 heteroatoms. The Balaban J connectivity index is 3.16. The van der Waals surface area contributed by atoms with E-state index in [-0.39, 0.29) is 11.8 Å². The zero-order chi connectivity index (χ0) is 13.7. The Morgan fingerprint density at radius 3 is 2.44 bits per heavy atom. The van der Waals surface area contributed by atoms with Crippen LogP contribution >= 0.6 is 11.6 Å². The van der Waals surface area contributed by atoms with Crippen molar-refractivity contribution in [3.8, 4) is 0 Å². The number of ether oxygens (including phenoxy) is 1. The summed E-state index contributed by atoms with van der Waals surface area (Å²) in [6.07, 6.45) is 0.766. The van der Waals surface area contributed by atoms with Gasteiger partial charge in [-0.25, -0.2) is 4.79 Å². The zero-order valence-electron chi connectivity index (χ0n) is 10.8. The molecule has 3 nitrogen and oxygen atoms in total. The molecule has 0 aliphatic rings. The van der Waals surface area contributed by atoms with Gasteiger partial charge in [-0.3, -0.25) is 4.79 Å². The van der Waals surface area contributed by atoms with Gasteiger partial charge in [-0.2, -0.15) is 0 Å². The smallest absolute Gasteiger partial charge is 0.338 e. The Kier molecular flexibility index (Phi) is 5.35. The monoisotopic (exact) mass is 268 g/mol. The van der Waals surface area contributed by atoms with Crippen molar-refractivity contribution < 1.29 is 14.3 Å². The average Bonchev–Trinajstić information content (AvgIpc) is 2.37. The van der Waals surface area contributed by atoms with Crippen molar-refractivity contribution in [3.63, 3.8) is 0 Å². The standard InChI is InChI=1S/C14H17ClO3/c1-4-10-6-11(13(15)9(3)16)8-12(7-10)14(17)18-5-2/h6-8,13H,4-5H2,1-3H3. The van der Waals surface area contributed by atoms with Crippen LogP contribution in [0.5, 0.6) is 0 Å². The Hall–Kier alpha value is -1.35. The van der Waals surface area contributed by atoms with E-state index in [9.17, 15) is 9.59 Å². The average molecular weight is 269 g/mol. The van der Waals surface area contributed by atoms with E-state index in [0.29, 0.717) is 17.7 Å². The van der Waals surface area contributed by atoms with E-state index in [1.807, 2.05) is 13.0 Å². The number of rotatable bonds is 5. The van der Waals surface area contributed by atoms with Crippen LogP contribution < -0.4 is 0 Å². The summed E-state index contributed by atoms with van der Waals surface area (Å²) in [5, 5.41) is -0.718. The maximum Gasteiger partial charge on any atom is 0.338 e. The Morgan fingerprint density at radius 2 is 1.94 bits per heavy atom. The van der Waals surface area contributed by atoms with E-state index in [1.54, 1.807) is 19.1 Å². The number of Topliss-reactive ketones (excluding diaryl/α,β-unsaturated/α-hetero) is 1. The predicted molar refractivity (Wildman–Crippen MR) is 71.1 cm³/mol. The molecule has 1 atom stereocenters. The number of benzene rings is 1. The first-order valence-electron chi connectivity index (χ1n) is 5.95. The Bertz CT molecular complexity index is 454. The fourth-order valence-corrected chi connectivity index (χ4v) is 1.76. The molecule has 0 aliphatic heterocycles. The Labute approximate surface area is 112 Å². The third-order valence-electron chi connectivity index (χ3n) is 2.58. The summed E-state index contributed by atoms with van der Waals surface area (Å²) in [6.45, 7) is 5.48.